The highest BCUT2D eigenvalue weighted by molar-refractivity contribution is 5.97. The second kappa shape index (κ2) is 12.8. The number of benzene rings is 2. The summed E-state index contributed by atoms with van der Waals surface area (Å²) in [5, 5.41) is 7.07. The number of rotatable bonds is 6. The standard InChI is InChI=1S/C35H46FN5O3/c1-21-4-2-6-29(36)32(21)35(43)41-31-7-3-5-23(31)19-28(34(42)39-27-12-13-30-24(18-27)20-37-40-30)33(41)22-8-10-25(11-9-22)38-26-14-16-44-17-15-26/h2,4,6,8-11,23-24,26-28,30-31,33,37-38,40H,3,5,7,12-20H2,1H3,(H,39,42)/t23-,24?,27?,28+,30?,31-,33+/m1/s1. The Morgan fingerprint density at radius 1 is 0.932 bits per heavy atom. The Bertz CT molecular complexity index is 1330. The number of hydrazine groups is 1. The topological polar surface area (TPSA) is 94.7 Å². The van der Waals surface area contributed by atoms with Crippen LogP contribution in [0, 0.1) is 30.5 Å². The van der Waals surface area contributed by atoms with Gasteiger partial charge in [-0.1, -0.05) is 30.7 Å². The van der Waals surface area contributed by atoms with E-state index in [1.54, 1.807) is 19.1 Å². The highest BCUT2D eigenvalue weighted by Gasteiger charge is 2.50. The quantitative estimate of drug-likeness (QED) is 0.377. The molecule has 236 valence electrons. The van der Waals surface area contributed by atoms with E-state index in [-0.39, 0.29) is 35.4 Å². The first-order valence-corrected chi connectivity index (χ1v) is 16.8. The summed E-state index contributed by atoms with van der Waals surface area (Å²) in [6.45, 7) is 4.25. The van der Waals surface area contributed by atoms with Crippen LogP contribution in [0.4, 0.5) is 10.1 Å². The fourth-order valence-electron chi connectivity index (χ4n) is 8.76. The molecule has 9 heteroatoms. The Morgan fingerprint density at radius 3 is 2.55 bits per heavy atom. The predicted molar refractivity (Wildman–Crippen MR) is 167 cm³/mol. The van der Waals surface area contributed by atoms with Crippen LogP contribution in [0.3, 0.4) is 0 Å². The molecule has 0 bridgehead atoms. The van der Waals surface area contributed by atoms with Gasteiger partial charge in [-0.2, -0.15) is 0 Å². The van der Waals surface area contributed by atoms with E-state index in [4.69, 9.17) is 4.74 Å². The summed E-state index contributed by atoms with van der Waals surface area (Å²) in [5.41, 5.74) is 9.36. The summed E-state index contributed by atoms with van der Waals surface area (Å²) in [7, 11) is 0. The number of hydrogen-bond donors (Lipinski definition) is 4. The van der Waals surface area contributed by atoms with Gasteiger partial charge in [-0.15, -0.1) is 0 Å². The van der Waals surface area contributed by atoms with E-state index in [9.17, 15) is 9.59 Å². The smallest absolute Gasteiger partial charge is 0.257 e. The Morgan fingerprint density at radius 2 is 1.75 bits per heavy atom. The van der Waals surface area contributed by atoms with Crippen LogP contribution in [0.15, 0.2) is 42.5 Å². The summed E-state index contributed by atoms with van der Waals surface area (Å²) >= 11 is 0. The molecule has 44 heavy (non-hydrogen) atoms. The van der Waals surface area contributed by atoms with Crippen molar-refractivity contribution in [2.45, 2.75) is 94.9 Å². The van der Waals surface area contributed by atoms with Crippen LogP contribution in [-0.4, -0.2) is 60.6 Å². The van der Waals surface area contributed by atoms with Crippen LogP contribution in [0.25, 0.3) is 0 Å². The number of piperidine rings is 1. The average Bonchev–Trinajstić information content (AvgIpc) is 3.70. The summed E-state index contributed by atoms with van der Waals surface area (Å²) in [6, 6.07) is 13.6. The maximum atomic E-state index is 15.3. The second-order valence-electron chi connectivity index (χ2n) is 13.8. The number of carbonyl (C=O) groups is 2. The van der Waals surface area contributed by atoms with Crippen LogP contribution >= 0.6 is 0 Å². The van der Waals surface area contributed by atoms with Crippen molar-refractivity contribution in [3.63, 3.8) is 0 Å². The molecule has 2 aliphatic carbocycles. The zero-order valence-corrected chi connectivity index (χ0v) is 25.7. The van der Waals surface area contributed by atoms with Gasteiger partial charge in [0.2, 0.25) is 5.91 Å². The highest BCUT2D eigenvalue weighted by Crippen LogP contribution is 2.49. The predicted octanol–water partition coefficient (Wildman–Crippen LogP) is 4.86. The molecule has 5 aliphatic rings. The molecular weight excluding hydrogens is 557 g/mol. The monoisotopic (exact) mass is 603 g/mol. The summed E-state index contributed by atoms with van der Waals surface area (Å²) in [5.74, 6) is -0.443. The molecule has 3 unspecified atom stereocenters. The van der Waals surface area contributed by atoms with Gasteiger partial charge in [0.1, 0.15) is 5.82 Å². The van der Waals surface area contributed by atoms with Gasteiger partial charge in [-0.25, -0.2) is 4.39 Å². The third-order valence-corrected chi connectivity index (χ3v) is 11.0. The van der Waals surface area contributed by atoms with Crippen molar-refractivity contribution < 1.29 is 18.7 Å². The van der Waals surface area contributed by atoms with E-state index in [2.05, 4.69) is 45.8 Å². The molecule has 0 spiro atoms. The van der Waals surface area contributed by atoms with Crippen LogP contribution in [0.2, 0.25) is 0 Å². The molecular formula is C35H46FN5O3. The molecule has 3 heterocycles. The molecule has 0 aromatic heterocycles. The van der Waals surface area contributed by atoms with Crippen LogP contribution in [0.1, 0.15) is 85.3 Å². The van der Waals surface area contributed by atoms with Crippen molar-refractivity contribution >= 4 is 17.5 Å². The number of aryl methyl sites for hydroxylation is 1. The molecule has 3 aliphatic heterocycles. The number of fused-ring (bicyclic) bond motifs is 2. The average molecular weight is 604 g/mol. The number of likely N-dealkylation sites (tertiary alicyclic amines) is 1. The van der Waals surface area contributed by atoms with Gasteiger partial charge in [0.15, 0.2) is 0 Å². The van der Waals surface area contributed by atoms with E-state index in [0.717, 1.165) is 88.8 Å². The molecule has 3 saturated heterocycles. The van der Waals surface area contributed by atoms with Crippen LogP contribution < -0.4 is 21.5 Å². The second-order valence-corrected chi connectivity index (χ2v) is 13.8. The number of anilines is 1. The molecule has 2 aromatic carbocycles. The lowest BCUT2D eigenvalue weighted by Gasteiger charge is -2.48. The van der Waals surface area contributed by atoms with Crippen molar-refractivity contribution in [3.05, 3.63) is 65.0 Å². The van der Waals surface area contributed by atoms with E-state index >= 15 is 4.39 Å². The van der Waals surface area contributed by atoms with E-state index in [1.165, 1.54) is 6.07 Å². The first-order chi connectivity index (χ1) is 21.5. The van der Waals surface area contributed by atoms with Gasteiger partial charge in [-0.05, 0) is 99.5 Å². The first-order valence-electron chi connectivity index (χ1n) is 16.8. The lowest BCUT2D eigenvalue weighted by atomic mass is 9.75. The summed E-state index contributed by atoms with van der Waals surface area (Å²) in [6.07, 6.45) is 8.47. The minimum Gasteiger partial charge on any atom is -0.382 e. The molecule has 2 amide bonds. The molecule has 7 atom stereocenters. The highest BCUT2D eigenvalue weighted by atomic mass is 19.1. The van der Waals surface area contributed by atoms with Crippen LogP contribution in [0.5, 0.6) is 0 Å². The molecule has 2 aromatic rings. The minimum absolute atomic E-state index is 0.0123. The lowest BCUT2D eigenvalue weighted by molar-refractivity contribution is -0.131. The Labute approximate surface area is 259 Å². The van der Waals surface area contributed by atoms with Crippen molar-refractivity contribution in [1.29, 1.82) is 0 Å². The number of carbonyl (C=O) groups excluding carboxylic acids is 2. The van der Waals surface area contributed by atoms with Gasteiger partial charge >= 0.3 is 0 Å². The zero-order valence-electron chi connectivity index (χ0n) is 25.7. The van der Waals surface area contributed by atoms with Gasteiger partial charge in [0, 0.05) is 49.6 Å². The van der Waals surface area contributed by atoms with Gasteiger partial charge in [0.25, 0.3) is 5.91 Å². The molecule has 5 fully saturated rings. The minimum atomic E-state index is -0.499. The van der Waals surface area contributed by atoms with Crippen molar-refractivity contribution in [2.75, 3.05) is 25.1 Å². The van der Waals surface area contributed by atoms with E-state index in [0.29, 0.717) is 23.6 Å². The van der Waals surface area contributed by atoms with E-state index < -0.39 is 17.8 Å². The zero-order chi connectivity index (χ0) is 30.2. The SMILES string of the molecule is Cc1cccc(F)c1C(=O)N1[C@@H]2CCC[C@@H]2C[C@H](C(=O)NC2CCC3NNCC3C2)[C@@H]1c1ccc(NC2CCOCC2)cc1. The Hall–Kier alpha value is -3.01. The number of nitrogens with zero attached hydrogens (tertiary/aromatic N) is 1. The van der Waals surface area contributed by atoms with E-state index in [1.807, 2.05) is 4.90 Å². The number of amides is 2. The van der Waals surface area contributed by atoms with Crippen LogP contribution in [-0.2, 0) is 9.53 Å². The Balaban J connectivity index is 1.21. The van der Waals surface area contributed by atoms with Crippen molar-refractivity contribution in [3.8, 4) is 0 Å². The maximum absolute atomic E-state index is 15.3. The third kappa shape index (κ3) is 5.86. The first kappa shape index (κ1) is 29.7. The molecule has 0 radical (unpaired) electrons. The fraction of sp³-hybridized carbons (Fsp3) is 0.600. The number of nitrogens with one attached hydrogen (secondary N) is 4. The number of hydrogen-bond acceptors (Lipinski definition) is 6. The lowest BCUT2D eigenvalue weighted by Crippen LogP contribution is -2.56. The summed E-state index contributed by atoms with van der Waals surface area (Å²) in [4.78, 5) is 30.7. The Kier molecular flexibility index (Phi) is 8.62. The largest absolute Gasteiger partial charge is 0.382 e. The van der Waals surface area contributed by atoms with Crippen molar-refractivity contribution in [2.24, 2.45) is 17.8 Å². The normalized spacial score (nSPS) is 32.1. The number of halogens is 1. The molecule has 4 N–H and O–H groups in total. The maximum Gasteiger partial charge on any atom is 0.257 e. The number of ether oxygens (including phenoxy) is 1. The molecule has 8 nitrogen and oxygen atoms in total. The van der Waals surface area contributed by atoms with Gasteiger partial charge in [-0.3, -0.25) is 20.4 Å². The molecule has 2 saturated carbocycles. The van der Waals surface area contributed by atoms with Gasteiger partial charge in [0.05, 0.1) is 17.5 Å². The third-order valence-electron chi connectivity index (χ3n) is 11.0. The van der Waals surface area contributed by atoms with Gasteiger partial charge < -0.3 is 20.3 Å². The fourth-order valence-corrected chi connectivity index (χ4v) is 8.76. The molecule has 7 rings (SSSR count). The summed E-state index contributed by atoms with van der Waals surface area (Å²) < 4.78 is 20.8. The van der Waals surface area contributed by atoms with Crippen molar-refractivity contribution in [1.82, 2.24) is 21.1 Å².